The highest BCUT2D eigenvalue weighted by molar-refractivity contribution is 5.83. The summed E-state index contributed by atoms with van der Waals surface area (Å²) in [6.45, 7) is 1.45. The van der Waals surface area contributed by atoms with Crippen LogP contribution in [0.3, 0.4) is 0 Å². The van der Waals surface area contributed by atoms with Crippen molar-refractivity contribution in [2.45, 2.75) is 88.6 Å². The molecule has 3 aliphatic rings. The summed E-state index contributed by atoms with van der Waals surface area (Å²) in [5, 5.41) is 0. The molecule has 1 aromatic rings. The molecule has 0 bridgehead atoms. The third kappa shape index (κ3) is 4.52. The number of carbonyl (C=O) groups is 1. The molecule has 0 N–H and O–H groups in total. The Morgan fingerprint density at radius 2 is 1.46 bits per heavy atom. The van der Waals surface area contributed by atoms with Gasteiger partial charge in [-0.2, -0.15) is 0 Å². The zero-order valence-electron chi connectivity index (χ0n) is 16.7. The normalized spacial score (nSPS) is 27.7. The van der Waals surface area contributed by atoms with Gasteiger partial charge in [0.2, 0.25) is 6.29 Å². The first kappa shape index (κ1) is 19.7. The standard InChI is InChI=1S/C23H32O5/c24-22(28-21-9-3-7-17-26-21)23(14-4-1-5-15-23)18-10-12-19(13-11-18)27-20-8-2-6-16-25-20/h10-13,20-21H,1-9,14-17H2. The second-order valence-electron chi connectivity index (χ2n) is 8.28. The number of esters is 1. The topological polar surface area (TPSA) is 54.0 Å². The molecule has 0 aromatic heterocycles. The molecule has 5 heteroatoms. The van der Waals surface area contributed by atoms with Gasteiger partial charge in [-0.05, 0) is 56.2 Å². The van der Waals surface area contributed by atoms with E-state index in [-0.39, 0.29) is 18.5 Å². The van der Waals surface area contributed by atoms with E-state index >= 15 is 0 Å². The van der Waals surface area contributed by atoms with E-state index in [9.17, 15) is 4.79 Å². The third-order valence-corrected chi connectivity index (χ3v) is 6.29. The monoisotopic (exact) mass is 388 g/mol. The average Bonchev–Trinajstić information content (AvgIpc) is 2.76. The highest BCUT2D eigenvalue weighted by Crippen LogP contribution is 2.41. The molecule has 1 aliphatic carbocycles. The van der Waals surface area contributed by atoms with Gasteiger partial charge in [-0.1, -0.05) is 31.4 Å². The molecule has 4 rings (SSSR count). The van der Waals surface area contributed by atoms with Crippen molar-refractivity contribution in [3.05, 3.63) is 29.8 Å². The lowest BCUT2D eigenvalue weighted by Gasteiger charge is -2.37. The molecule has 0 radical (unpaired) electrons. The van der Waals surface area contributed by atoms with Crippen LogP contribution in [0.15, 0.2) is 24.3 Å². The van der Waals surface area contributed by atoms with Crippen molar-refractivity contribution in [2.24, 2.45) is 0 Å². The van der Waals surface area contributed by atoms with Gasteiger partial charge < -0.3 is 18.9 Å². The second kappa shape index (κ2) is 9.27. The van der Waals surface area contributed by atoms with Crippen molar-refractivity contribution >= 4 is 5.97 Å². The number of hydrogen-bond donors (Lipinski definition) is 0. The Morgan fingerprint density at radius 1 is 0.821 bits per heavy atom. The number of ether oxygens (including phenoxy) is 4. The number of carbonyl (C=O) groups excluding carboxylic acids is 1. The van der Waals surface area contributed by atoms with E-state index in [0.717, 1.165) is 82.1 Å². The molecule has 0 amide bonds. The maximum absolute atomic E-state index is 13.2. The minimum absolute atomic E-state index is 0.122. The summed E-state index contributed by atoms with van der Waals surface area (Å²) >= 11 is 0. The third-order valence-electron chi connectivity index (χ3n) is 6.29. The van der Waals surface area contributed by atoms with Crippen LogP contribution < -0.4 is 4.74 Å². The van der Waals surface area contributed by atoms with Gasteiger partial charge in [0, 0.05) is 12.8 Å². The zero-order valence-corrected chi connectivity index (χ0v) is 16.7. The molecule has 1 saturated carbocycles. The Labute approximate surface area is 167 Å². The molecule has 154 valence electrons. The predicted octanol–water partition coefficient (Wildman–Crippen LogP) is 4.86. The minimum Gasteiger partial charge on any atom is -0.465 e. The van der Waals surface area contributed by atoms with Crippen LogP contribution >= 0.6 is 0 Å². The highest BCUT2D eigenvalue weighted by Gasteiger charge is 2.43. The molecule has 5 nitrogen and oxygen atoms in total. The highest BCUT2D eigenvalue weighted by atomic mass is 16.7. The lowest BCUT2D eigenvalue weighted by Crippen LogP contribution is -2.42. The smallest absolute Gasteiger partial charge is 0.318 e. The van der Waals surface area contributed by atoms with Crippen LogP contribution in [0.25, 0.3) is 0 Å². The van der Waals surface area contributed by atoms with Crippen LogP contribution in [-0.4, -0.2) is 31.8 Å². The summed E-state index contributed by atoms with van der Waals surface area (Å²) in [5.74, 6) is 0.675. The van der Waals surface area contributed by atoms with Gasteiger partial charge in [-0.15, -0.1) is 0 Å². The van der Waals surface area contributed by atoms with Crippen LogP contribution in [0.1, 0.15) is 76.2 Å². The van der Waals surface area contributed by atoms with E-state index in [2.05, 4.69) is 0 Å². The Kier molecular flexibility index (Phi) is 6.53. The van der Waals surface area contributed by atoms with E-state index in [1.807, 2.05) is 24.3 Å². The Morgan fingerprint density at radius 3 is 2.07 bits per heavy atom. The van der Waals surface area contributed by atoms with Crippen LogP contribution in [0.2, 0.25) is 0 Å². The maximum Gasteiger partial charge on any atom is 0.318 e. The van der Waals surface area contributed by atoms with E-state index < -0.39 is 5.41 Å². The molecule has 2 atom stereocenters. The zero-order chi connectivity index (χ0) is 19.2. The SMILES string of the molecule is O=C(OC1CCCCO1)C1(c2ccc(OC3CCCCO3)cc2)CCCCC1. The fourth-order valence-electron chi connectivity index (χ4n) is 4.61. The van der Waals surface area contributed by atoms with Crippen LogP contribution in [0.4, 0.5) is 0 Å². The van der Waals surface area contributed by atoms with Gasteiger partial charge in [0.1, 0.15) is 5.75 Å². The quantitative estimate of drug-likeness (QED) is 0.674. The van der Waals surface area contributed by atoms with E-state index in [1.165, 1.54) is 6.42 Å². The summed E-state index contributed by atoms with van der Waals surface area (Å²) < 4.78 is 23.1. The Bertz CT molecular complexity index is 623. The summed E-state index contributed by atoms with van der Waals surface area (Å²) in [6.07, 6.45) is 10.5. The largest absolute Gasteiger partial charge is 0.465 e. The Hall–Kier alpha value is -1.59. The van der Waals surface area contributed by atoms with Crippen molar-refractivity contribution in [3.63, 3.8) is 0 Å². The molecule has 0 spiro atoms. The van der Waals surface area contributed by atoms with Crippen LogP contribution in [0, 0.1) is 0 Å². The first-order valence-corrected chi connectivity index (χ1v) is 11.0. The van der Waals surface area contributed by atoms with Gasteiger partial charge in [0.15, 0.2) is 6.29 Å². The van der Waals surface area contributed by atoms with E-state index in [0.29, 0.717) is 6.61 Å². The van der Waals surface area contributed by atoms with Crippen molar-refractivity contribution in [3.8, 4) is 5.75 Å². The van der Waals surface area contributed by atoms with Crippen molar-refractivity contribution < 1.29 is 23.7 Å². The van der Waals surface area contributed by atoms with E-state index in [4.69, 9.17) is 18.9 Å². The summed E-state index contributed by atoms with van der Waals surface area (Å²) in [7, 11) is 0. The lowest BCUT2D eigenvalue weighted by molar-refractivity contribution is -0.194. The van der Waals surface area contributed by atoms with Crippen LogP contribution in [0.5, 0.6) is 5.75 Å². The summed E-state index contributed by atoms with van der Waals surface area (Å²) in [5.41, 5.74) is 0.476. The number of benzene rings is 1. The van der Waals surface area contributed by atoms with Crippen molar-refractivity contribution in [2.75, 3.05) is 13.2 Å². The van der Waals surface area contributed by atoms with Crippen LogP contribution in [-0.2, 0) is 24.4 Å². The van der Waals surface area contributed by atoms with Gasteiger partial charge >= 0.3 is 5.97 Å². The van der Waals surface area contributed by atoms with Gasteiger partial charge in [0.05, 0.1) is 18.6 Å². The molecule has 3 fully saturated rings. The molecule has 28 heavy (non-hydrogen) atoms. The molecule has 2 saturated heterocycles. The molecule has 2 heterocycles. The summed E-state index contributed by atoms with van der Waals surface area (Å²) in [4.78, 5) is 13.2. The van der Waals surface area contributed by atoms with Crippen molar-refractivity contribution in [1.82, 2.24) is 0 Å². The Balaban J connectivity index is 1.47. The minimum atomic E-state index is -0.557. The molecule has 2 unspecified atom stereocenters. The lowest BCUT2D eigenvalue weighted by atomic mass is 9.69. The fourth-order valence-corrected chi connectivity index (χ4v) is 4.61. The first-order valence-electron chi connectivity index (χ1n) is 11.0. The second-order valence-corrected chi connectivity index (χ2v) is 8.28. The maximum atomic E-state index is 13.2. The molecular formula is C23H32O5. The molecular weight excluding hydrogens is 356 g/mol. The van der Waals surface area contributed by atoms with Crippen molar-refractivity contribution in [1.29, 1.82) is 0 Å². The summed E-state index contributed by atoms with van der Waals surface area (Å²) in [6, 6.07) is 8.00. The molecule has 1 aromatic carbocycles. The number of hydrogen-bond acceptors (Lipinski definition) is 5. The average molecular weight is 389 g/mol. The number of rotatable bonds is 5. The predicted molar refractivity (Wildman–Crippen MR) is 105 cm³/mol. The molecule has 2 aliphatic heterocycles. The van der Waals surface area contributed by atoms with Gasteiger partial charge in [-0.25, -0.2) is 0 Å². The van der Waals surface area contributed by atoms with Gasteiger partial charge in [-0.3, -0.25) is 4.79 Å². The fraction of sp³-hybridized carbons (Fsp3) is 0.696. The first-order chi connectivity index (χ1) is 13.8. The van der Waals surface area contributed by atoms with E-state index in [1.54, 1.807) is 0 Å². The van der Waals surface area contributed by atoms with Gasteiger partial charge in [0.25, 0.3) is 0 Å².